The van der Waals surface area contributed by atoms with E-state index < -0.39 is 0 Å². The number of amides is 2. The molecule has 2 aromatic heterocycles. The van der Waals surface area contributed by atoms with Gasteiger partial charge >= 0.3 is 0 Å². The zero-order valence-corrected chi connectivity index (χ0v) is 15.0. The van der Waals surface area contributed by atoms with Gasteiger partial charge in [0, 0.05) is 24.1 Å². The quantitative estimate of drug-likeness (QED) is 0.796. The minimum Gasteiger partial charge on any atom is -0.303 e. The molecule has 0 spiro atoms. The number of carbonyl (C=O) groups is 2. The molecule has 2 aromatic rings. The van der Waals surface area contributed by atoms with E-state index in [0.29, 0.717) is 11.4 Å². The van der Waals surface area contributed by atoms with Crippen LogP contribution in [0.15, 0.2) is 29.3 Å². The van der Waals surface area contributed by atoms with Crippen molar-refractivity contribution in [1.82, 2.24) is 14.5 Å². The van der Waals surface area contributed by atoms with Crippen molar-refractivity contribution < 1.29 is 9.59 Å². The van der Waals surface area contributed by atoms with Crippen molar-refractivity contribution in [3.8, 4) is 5.82 Å². The molecule has 1 aliphatic heterocycles. The Labute approximate surface area is 145 Å². The molecular weight excluding hydrogens is 322 g/mol. The van der Waals surface area contributed by atoms with E-state index in [1.54, 1.807) is 13.0 Å². The van der Waals surface area contributed by atoms with E-state index in [0.717, 1.165) is 40.1 Å². The van der Waals surface area contributed by atoms with Crippen LogP contribution in [0.1, 0.15) is 29.4 Å². The van der Waals surface area contributed by atoms with Gasteiger partial charge in [-0.1, -0.05) is 6.07 Å². The van der Waals surface area contributed by atoms with Gasteiger partial charge in [-0.05, 0) is 68.8 Å². The zero-order chi connectivity index (χ0) is 17.4. The predicted molar refractivity (Wildman–Crippen MR) is 96.1 cm³/mol. The Bertz CT molecular complexity index is 850. The standard InChI is InChI=1S/C18H19N3O2S/c1-5-20-17(22)15(24-18(20)23)9-14-8-12(3)21(13(14)4)16-7-6-11(2)10-19-16/h6-10H,5H2,1-4H3/b15-9+. The van der Waals surface area contributed by atoms with Crippen LogP contribution in [0.4, 0.5) is 4.79 Å². The molecule has 1 saturated heterocycles. The fourth-order valence-corrected chi connectivity index (χ4v) is 3.69. The van der Waals surface area contributed by atoms with Gasteiger partial charge in [0.1, 0.15) is 5.82 Å². The average Bonchev–Trinajstić information content (AvgIpc) is 2.97. The van der Waals surface area contributed by atoms with Crippen LogP contribution < -0.4 is 0 Å². The van der Waals surface area contributed by atoms with Crippen molar-refractivity contribution in [3.63, 3.8) is 0 Å². The van der Waals surface area contributed by atoms with Crippen LogP contribution >= 0.6 is 11.8 Å². The fourth-order valence-electron chi connectivity index (χ4n) is 2.79. The van der Waals surface area contributed by atoms with Gasteiger partial charge in [0.15, 0.2) is 0 Å². The number of carbonyl (C=O) groups excluding carboxylic acids is 2. The van der Waals surface area contributed by atoms with Crippen molar-refractivity contribution in [1.29, 1.82) is 0 Å². The van der Waals surface area contributed by atoms with Gasteiger partial charge in [0.2, 0.25) is 0 Å². The van der Waals surface area contributed by atoms with Gasteiger partial charge in [0.25, 0.3) is 11.1 Å². The number of thioether (sulfide) groups is 1. The molecule has 3 heterocycles. The number of rotatable bonds is 3. The summed E-state index contributed by atoms with van der Waals surface area (Å²) in [6.07, 6.45) is 3.63. The van der Waals surface area contributed by atoms with Crippen molar-refractivity contribution in [2.45, 2.75) is 27.7 Å². The minimum absolute atomic E-state index is 0.206. The topological polar surface area (TPSA) is 55.2 Å². The Kier molecular flexibility index (Phi) is 4.32. The van der Waals surface area contributed by atoms with Gasteiger partial charge in [-0.2, -0.15) is 0 Å². The van der Waals surface area contributed by atoms with Gasteiger partial charge in [-0.25, -0.2) is 4.98 Å². The molecular formula is C18H19N3O2S. The summed E-state index contributed by atoms with van der Waals surface area (Å²) in [6, 6.07) is 6.01. The van der Waals surface area contributed by atoms with Crippen LogP contribution in [0.25, 0.3) is 11.9 Å². The van der Waals surface area contributed by atoms with Crippen molar-refractivity contribution in [3.05, 3.63) is 51.8 Å². The van der Waals surface area contributed by atoms with E-state index in [9.17, 15) is 9.59 Å². The molecule has 5 nitrogen and oxygen atoms in total. The third kappa shape index (κ3) is 2.78. The van der Waals surface area contributed by atoms with E-state index in [1.165, 1.54) is 4.90 Å². The van der Waals surface area contributed by atoms with Gasteiger partial charge in [-0.3, -0.25) is 14.5 Å². The number of hydrogen-bond donors (Lipinski definition) is 0. The van der Waals surface area contributed by atoms with Gasteiger partial charge in [-0.15, -0.1) is 0 Å². The second-order valence-corrected chi connectivity index (χ2v) is 6.77. The summed E-state index contributed by atoms with van der Waals surface area (Å²) >= 11 is 0.996. The third-order valence-corrected chi connectivity index (χ3v) is 4.98. The summed E-state index contributed by atoms with van der Waals surface area (Å²) in [7, 11) is 0. The van der Waals surface area contributed by atoms with Crippen LogP contribution in [0.3, 0.4) is 0 Å². The molecule has 1 fully saturated rings. The molecule has 6 heteroatoms. The summed E-state index contributed by atoms with van der Waals surface area (Å²) < 4.78 is 2.05. The average molecular weight is 341 g/mol. The highest BCUT2D eigenvalue weighted by molar-refractivity contribution is 8.18. The maximum atomic E-state index is 12.3. The molecule has 0 unspecified atom stereocenters. The maximum Gasteiger partial charge on any atom is 0.293 e. The van der Waals surface area contributed by atoms with Crippen molar-refractivity contribution >= 4 is 29.0 Å². The van der Waals surface area contributed by atoms with Gasteiger partial charge in [0.05, 0.1) is 4.91 Å². The van der Waals surface area contributed by atoms with Crippen LogP contribution in [0, 0.1) is 20.8 Å². The second-order valence-electron chi connectivity index (χ2n) is 5.78. The fraction of sp³-hybridized carbons (Fsp3) is 0.278. The Balaban J connectivity index is 2.01. The van der Waals surface area contributed by atoms with E-state index in [4.69, 9.17) is 0 Å². The molecule has 3 rings (SSSR count). The lowest BCUT2D eigenvalue weighted by Crippen LogP contribution is -2.27. The Morgan fingerprint density at radius 2 is 1.96 bits per heavy atom. The van der Waals surface area contributed by atoms with Crippen molar-refractivity contribution in [2.75, 3.05) is 6.54 Å². The first-order valence-corrected chi connectivity index (χ1v) is 8.61. The number of hydrogen-bond acceptors (Lipinski definition) is 4. The van der Waals surface area contributed by atoms with Crippen LogP contribution in [0.2, 0.25) is 0 Å². The number of pyridine rings is 1. The first-order valence-electron chi connectivity index (χ1n) is 7.79. The molecule has 0 radical (unpaired) electrons. The molecule has 0 atom stereocenters. The Hall–Kier alpha value is -2.34. The molecule has 1 aliphatic rings. The van der Waals surface area contributed by atoms with Crippen molar-refractivity contribution in [2.24, 2.45) is 0 Å². The number of aromatic nitrogens is 2. The second kappa shape index (κ2) is 6.28. The predicted octanol–water partition coefficient (Wildman–Crippen LogP) is 3.85. The lowest BCUT2D eigenvalue weighted by atomic mass is 10.2. The number of aryl methyl sites for hydroxylation is 2. The number of nitrogens with zero attached hydrogens (tertiary/aromatic N) is 3. The van der Waals surface area contributed by atoms with Gasteiger partial charge < -0.3 is 4.57 Å². The van der Waals surface area contributed by atoms with Crippen LogP contribution in [0.5, 0.6) is 0 Å². The first kappa shape index (κ1) is 16.5. The van der Waals surface area contributed by atoms with Crippen LogP contribution in [-0.4, -0.2) is 32.1 Å². The molecule has 24 heavy (non-hydrogen) atoms. The molecule has 2 amide bonds. The molecule has 124 valence electrons. The number of likely N-dealkylation sites (N-methyl/N-ethyl adjacent to an activating group) is 1. The molecule has 0 bridgehead atoms. The molecule has 0 aliphatic carbocycles. The zero-order valence-electron chi connectivity index (χ0n) is 14.2. The SMILES string of the molecule is CCN1C(=O)S/C(=C/c2cc(C)n(-c3ccc(C)cn3)c2C)C1=O. The summed E-state index contributed by atoms with van der Waals surface area (Å²) in [5.74, 6) is 0.627. The molecule has 0 N–H and O–H groups in total. The lowest BCUT2D eigenvalue weighted by Gasteiger charge is -2.09. The molecule has 0 aromatic carbocycles. The largest absolute Gasteiger partial charge is 0.303 e. The molecule has 0 saturated carbocycles. The maximum absolute atomic E-state index is 12.3. The third-order valence-electron chi connectivity index (χ3n) is 4.07. The highest BCUT2D eigenvalue weighted by Gasteiger charge is 2.33. The van der Waals surface area contributed by atoms with E-state index in [2.05, 4.69) is 9.55 Å². The monoisotopic (exact) mass is 341 g/mol. The number of imide groups is 1. The normalized spacial score (nSPS) is 16.5. The summed E-state index contributed by atoms with van der Waals surface area (Å²) in [5.41, 5.74) is 4.06. The highest BCUT2D eigenvalue weighted by Crippen LogP contribution is 2.33. The Morgan fingerprint density at radius 3 is 2.54 bits per heavy atom. The first-order chi connectivity index (χ1) is 11.4. The summed E-state index contributed by atoms with van der Waals surface area (Å²) in [5, 5.41) is -0.206. The van der Waals surface area contributed by atoms with E-state index in [1.807, 2.05) is 45.2 Å². The highest BCUT2D eigenvalue weighted by atomic mass is 32.2. The van der Waals surface area contributed by atoms with E-state index >= 15 is 0 Å². The van der Waals surface area contributed by atoms with Crippen LogP contribution in [-0.2, 0) is 4.79 Å². The van der Waals surface area contributed by atoms with E-state index in [-0.39, 0.29) is 11.1 Å². The Morgan fingerprint density at radius 1 is 1.21 bits per heavy atom. The summed E-state index contributed by atoms with van der Waals surface area (Å²) in [4.78, 5) is 30.3. The lowest BCUT2D eigenvalue weighted by molar-refractivity contribution is -0.122. The minimum atomic E-state index is -0.217. The summed E-state index contributed by atoms with van der Waals surface area (Å²) in [6.45, 7) is 8.19. The smallest absolute Gasteiger partial charge is 0.293 e.